The zero-order valence-corrected chi connectivity index (χ0v) is 8.47. The molecule has 2 rings (SSSR count). The van der Waals surface area contributed by atoms with E-state index in [1.807, 2.05) is 0 Å². The molecule has 0 spiro atoms. The van der Waals surface area contributed by atoms with E-state index in [0.29, 0.717) is 6.04 Å². The van der Waals surface area contributed by atoms with Crippen molar-refractivity contribution in [1.29, 1.82) is 0 Å². The highest BCUT2D eigenvalue weighted by molar-refractivity contribution is 4.87. The Morgan fingerprint density at radius 1 is 1.08 bits per heavy atom. The van der Waals surface area contributed by atoms with Gasteiger partial charge in [-0.05, 0) is 31.6 Å². The first kappa shape index (κ1) is 9.47. The van der Waals surface area contributed by atoms with Crippen LogP contribution in [0.15, 0.2) is 0 Å². The molecule has 2 fully saturated rings. The zero-order chi connectivity index (χ0) is 9.10. The molecule has 1 atom stereocenters. The predicted molar refractivity (Wildman–Crippen MR) is 55.6 cm³/mol. The first-order chi connectivity index (χ1) is 6.40. The van der Waals surface area contributed by atoms with Crippen LogP contribution >= 0.6 is 0 Å². The summed E-state index contributed by atoms with van der Waals surface area (Å²) in [7, 11) is 0. The maximum Gasteiger partial charge on any atom is 0.0221 e. The zero-order valence-electron chi connectivity index (χ0n) is 8.47. The molecule has 0 amide bonds. The Hall–Kier alpha value is -0.0800. The number of rotatable bonds is 4. The maximum atomic E-state index is 5.82. The molecular weight excluding hydrogens is 160 g/mol. The van der Waals surface area contributed by atoms with Crippen LogP contribution in [0.4, 0.5) is 0 Å². The Labute approximate surface area is 81.3 Å². The molecule has 0 aromatic carbocycles. The van der Waals surface area contributed by atoms with Gasteiger partial charge in [-0.15, -0.1) is 0 Å². The molecule has 0 heterocycles. The third-order valence-corrected chi connectivity index (χ3v) is 3.78. The third-order valence-electron chi connectivity index (χ3n) is 3.78. The highest BCUT2D eigenvalue weighted by Crippen LogP contribution is 2.29. The van der Waals surface area contributed by atoms with Gasteiger partial charge in [0.2, 0.25) is 0 Å². The van der Waals surface area contributed by atoms with Gasteiger partial charge in [0.05, 0.1) is 0 Å². The Morgan fingerprint density at radius 2 is 1.77 bits per heavy atom. The number of nitrogens with one attached hydrogen (secondary N) is 1. The van der Waals surface area contributed by atoms with Crippen LogP contribution in [0, 0.1) is 5.92 Å². The summed E-state index contributed by atoms with van der Waals surface area (Å²) >= 11 is 0. The largest absolute Gasteiger partial charge is 0.329 e. The van der Waals surface area contributed by atoms with Gasteiger partial charge in [0, 0.05) is 18.6 Å². The fraction of sp³-hybridized carbons (Fsp3) is 1.00. The standard InChI is InChI=1S/C11H22N2/c12-8-11(9-4-1-2-5-9)13-10-6-3-7-10/h9-11,13H,1-8,12H2. The fourth-order valence-corrected chi connectivity index (χ4v) is 2.63. The van der Waals surface area contributed by atoms with E-state index in [0.717, 1.165) is 18.5 Å². The minimum atomic E-state index is 0.618. The molecule has 76 valence electrons. The summed E-state index contributed by atoms with van der Waals surface area (Å²) in [5.41, 5.74) is 5.82. The van der Waals surface area contributed by atoms with Crippen LogP contribution in [-0.4, -0.2) is 18.6 Å². The van der Waals surface area contributed by atoms with E-state index in [2.05, 4.69) is 5.32 Å². The van der Waals surface area contributed by atoms with Gasteiger partial charge in [0.25, 0.3) is 0 Å². The second-order valence-electron chi connectivity index (χ2n) is 4.68. The maximum absolute atomic E-state index is 5.82. The van der Waals surface area contributed by atoms with Crippen LogP contribution in [0.1, 0.15) is 44.9 Å². The van der Waals surface area contributed by atoms with Gasteiger partial charge >= 0.3 is 0 Å². The van der Waals surface area contributed by atoms with Crippen molar-refractivity contribution in [3.05, 3.63) is 0 Å². The first-order valence-corrected chi connectivity index (χ1v) is 5.86. The lowest BCUT2D eigenvalue weighted by molar-refractivity contribution is 0.259. The van der Waals surface area contributed by atoms with Crippen molar-refractivity contribution < 1.29 is 0 Å². The minimum absolute atomic E-state index is 0.618. The monoisotopic (exact) mass is 182 g/mol. The first-order valence-electron chi connectivity index (χ1n) is 5.86. The molecule has 2 heteroatoms. The average molecular weight is 182 g/mol. The van der Waals surface area contributed by atoms with Gasteiger partial charge in [0.15, 0.2) is 0 Å². The summed E-state index contributed by atoms with van der Waals surface area (Å²) in [5.74, 6) is 0.880. The summed E-state index contributed by atoms with van der Waals surface area (Å²) in [6.45, 7) is 0.834. The molecule has 3 N–H and O–H groups in total. The Kier molecular flexibility index (Phi) is 3.23. The summed E-state index contributed by atoms with van der Waals surface area (Å²) in [4.78, 5) is 0. The van der Waals surface area contributed by atoms with Crippen LogP contribution in [0.2, 0.25) is 0 Å². The van der Waals surface area contributed by atoms with E-state index in [1.54, 1.807) is 0 Å². The lowest BCUT2D eigenvalue weighted by Crippen LogP contribution is -2.49. The highest BCUT2D eigenvalue weighted by atomic mass is 15.0. The van der Waals surface area contributed by atoms with Gasteiger partial charge in [-0.3, -0.25) is 0 Å². The van der Waals surface area contributed by atoms with E-state index >= 15 is 0 Å². The lowest BCUT2D eigenvalue weighted by atomic mass is 9.89. The van der Waals surface area contributed by atoms with Gasteiger partial charge < -0.3 is 11.1 Å². The Balaban J connectivity index is 1.77. The smallest absolute Gasteiger partial charge is 0.0221 e. The summed E-state index contributed by atoms with van der Waals surface area (Å²) in [5, 5.41) is 3.72. The average Bonchev–Trinajstić information content (AvgIpc) is 2.55. The molecule has 0 aromatic rings. The molecule has 2 nitrogen and oxygen atoms in total. The van der Waals surface area contributed by atoms with E-state index in [4.69, 9.17) is 5.73 Å². The normalized spacial score (nSPS) is 27.5. The molecular formula is C11H22N2. The molecule has 2 aliphatic rings. The van der Waals surface area contributed by atoms with Gasteiger partial charge in [-0.2, -0.15) is 0 Å². The van der Waals surface area contributed by atoms with Crippen molar-refractivity contribution in [1.82, 2.24) is 5.32 Å². The van der Waals surface area contributed by atoms with Gasteiger partial charge in [0.1, 0.15) is 0 Å². The van der Waals surface area contributed by atoms with Gasteiger partial charge in [-0.1, -0.05) is 19.3 Å². The van der Waals surface area contributed by atoms with Crippen molar-refractivity contribution in [3.63, 3.8) is 0 Å². The van der Waals surface area contributed by atoms with Gasteiger partial charge in [-0.25, -0.2) is 0 Å². The van der Waals surface area contributed by atoms with Crippen LogP contribution in [-0.2, 0) is 0 Å². The van der Waals surface area contributed by atoms with Crippen LogP contribution in [0.25, 0.3) is 0 Å². The van der Waals surface area contributed by atoms with Crippen LogP contribution < -0.4 is 11.1 Å². The molecule has 13 heavy (non-hydrogen) atoms. The molecule has 0 bridgehead atoms. The SMILES string of the molecule is NCC(NC1CCC1)C1CCCC1. The molecule has 0 aliphatic heterocycles. The number of hydrogen-bond donors (Lipinski definition) is 2. The second kappa shape index (κ2) is 4.43. The van der Waals surface area contributed by atoms with E-state index in [9.17, 15) is 0 Å². The van der Waals surface area contributed by atoms with Crippen LogP contribution in [0.3, 0.4) is 0 Å². The van der Waals surface area contributed by atoms with Crippen LogP contribution in [0.5, 0.6) is 0 Å². The van der Waals surface area contributed by atoms with E-state index in [-0.39, 0.29) is 0 Å². The quantitative estimate of drug-likeness (QED) is 0.693. The molecule has 0 saturated heterocycles. The van der Waals surface area contributed by atoms with Crippen molar-refractivity contribution in [2.45, 2.75) is 57.0 Å². The Bertz CT molecular complexity index is 148. The number of hydrogen-bond acceptors (Lipinski definition) is 2. The van der Waals surface area contributed by atoms with E-state index in [1.165, 1.54) is 44.9 Å². The number of nitrogens with two attached hydrogens (primary N) is 1. The van der Waals surface area contributed by atoms with Crippen molar-refractivity contribution in [2.75, 3.05) is 6.54 Å². The second-order valence-corrected chi connectivity index (χ2v) is 4.68. The molecule has 2 saturated carbocycles. The summed E-state index contributed by atoms with van der Waals surface area (Å²) < 4.78 is 0. The summed E-state index contributed by atoms with van der Waals surface area (Å²) in [6, 6.07) is 1.42. The van der Waals surface area contributed by atoms with Crippen molar-refractivity contribution in [2.24, 2.45) is 11.7 Å². The van der Waals surface area contributed by atoms with E-state index < -0.39 is 0 Å². The molecule has 2 aliphatic carbocycles. The fourth-order valence-electron chi connectivity index (χ4n) is 2.63. The minimum Gasteiger partial charge on any atom is -0.329 e. The van der Waals surface area contributed by atoms with Crippen molar-refractivity contribution in [3.8, 4) is 0 Å². The topological polar surface area (TPSA) is 38.0 Å². The van der Waals surface area contributed by atoms with Crippen molar-refractivity contribution >= 4 is 0 Å². The predicted octanol–water partition coefficient (Wildman–Crippen LogP) is 1.65. The summed E-state index contributed by atoms with van der Waals surface area (Å²) in [6.07, 6.45) is 9.83. The Morgan fingerprint density at radius 3 is 2.23 bits per heavy atom. The molecule has 1 unspecified atom stereocenters. The third kappa shape index (κ3) is 2.23. The molecule has 0 radical (unpaired) electrons. The molecule has 0 aromatic heterocycles. The highest BCUT2D eigenvalue weighted by Gasteiger charge is 2.27. The lowest BCUT2D eigenvalue weighted by Gasteiger charge is -2.33.